The number of hydrogen-bond donors (Lipinski definition) is 1. The summed E-state index contributed by atoms with van der Waals surface area (Å²) in [4.78, 5) is 18.2. The quantitative estimate of drug-likeness (QED) is 0.0533. The number of ether oxygens (including phenoxy) is 5. The van der Waals surface area contributed by atoms with Crippen molar-refractivity contribution in [3.63, 3.8) is 0 Å². The van der Waals surface area contributed by atoms with Crippen LogP contribution in [0, 0.1) is 86.7 Å². The first kappa shape index (κ1) is 84.7. The zero-order chi connectivity index (χ0) is 86.7. The molecule has 8 bridgehead atoms. The molecule has 4 aromatic heterocycles. The third kappa shape index (κ3) is 17.2. The molecule has 8 aliphatic carbocycles. The van der Waals surface area contributed by atoms with Gasteiger partial charge in [-0.05, 0) is 295 Å². The van der Waals surface area contributed by atoms with Crippen molar-refractivity contribution in [2.45, 2.75) is 115 Å². The fraction of sp³-hybridized carbons (Fsp3) is 0.282. The molecule has 9 aliphatic rings. The first-order valence-corrected chi connectivity index (χ1v) is 51.0. The number of phenolic OH excluding ortho intramolecular Hbond substituents is 1. The summed E-state index contributed by atoms with van der Waals surface area (Å²) < 4.78 is 107. The molecule has 0 radical (unpaired) electrons. The number of aryl methyl sites for hydroxylation is 4. The van der Waals surface area contributed by atoms with Gasteiger partial charge in [0.2, 0.25) is 0 Å². The van der Waals surface area contributed by atoms with Crippen LogP contribution in [0.25, 0.3) is 100 Å². The lowest BCUT2D eigenvalue weighted by atomic mass is 9.55. The van der Waals surface area contributed by atoms with E-state index in [0.29, 0.717) is 51.2 Å². The second-order valence-corrected chi connectivity index (χ2v) is 45.7. The molecule has 7 nitrogen and oxygen atoms in total. The molecule has 1 aliphatic heterocycles. The van der Waals surface area contributed by atoms with E-state index in [0.717, 1.165) is 135 Å². The molecule has 17 aromatic rings. The van der Waals surface area contributed by atoms with Crippen LogP contribution in [0.5, 0.6) is 17.2 Å². The average molecular weight is 1790 g/mol. The van der Waals surface area contributed by atoms with Crippen molar-refractivity contribution in [3.05, 3.63) is 325 Å². The summed E-state index contributed by atoms with van der Waals surface area (Å²) in [6.45, 7) is 10.7. The number of benzene rings is 13. The molecule has 5 heterocycles. The highest BCUT2D eigenvalue weighted by molar-refractivity contribution is 7.97. The van der Waals surface area contributed by atoms with Crippen molar-refractivity contribution in [3.8, 4) is 36.8 Å². The van der Waals surface area contributed by atoms with Crippen LogP contribution in [-0.4, -0.2) is 61.4 Å². The Hall–Kier alpha value is -10.5. The van der Waals surface area contributed by atoms with Gasteiger partial charge in [-0.3, -0.25) is 0 Å². The maximum atomic E-state index is 13.6. The second-order valence-electron chi connectivity index (χ2n) is 35.6. The molecule has 1 saturated heterocycles. The van der Waals surface area contributed by atoms with Gasteiger partial charge in [0.1, 0.15) is 46.5 Å². The van der Waals surface area contributed by atoms with Gasteiger partial charge in [-0.1, -0.05) is 103 Å². The van der Waals surface area contributed by atoms with Crippen molar-refractivity contribution in [2.24, 2.45) is 47.3 Å². The molecule has 127 heavy (non-hydrogen) atoms. The first-order valence-electron chi connectivity index (χ1n) is 44.5. The van der Waals surface area contributed by atoms with Crippen LogP contribution in [0.2, 0.25) is 0 Å². The van der Waals surface area contributed by atoms with Gasteiger partial charge in [-0.15, -0.1) is 0 Å². The van der Waals surface area contributed by atoms with Gasteiger partial charge >= 0.3 is 12.1 Å². The van der Waals surface area contributed by atoms with Crippen molar-refractivity contribution in [2.75, 3.05) is 38.1 Å². The highest BCUT2D eigenvalue weighted by atomic mass is 32.2. The average Bonchev–Trinajstić information content (AvgIpc) is 1.68. The molecule has 17 heteroatoms. The van der Waals surface area contributed by atoms with E-state index < -0.39 is 44.3 Å². The molecule has 8 saturated carbocycles. The maximum Gasteiger partial charge on any atom is 0.416 e. The van der Waals surface area contributed by atoms with Crippen LogP contribution >= 0.6 is 41.9 Å². The normalized spacial score (nSPS) is 20.9. The lowest BCUT2D eigenvalue weighted by molar-refractivity contribution is -0.172. The van der Waals surface area contributed by atoms with E-state index in [1.165, 1.54) is 155 Å². The minimum absolute atomic E-state index is 0.0127. The summed E-state index contributed by atoms with van der Waals surface area (Å²) in [5.41, 5.74) is 3.96. The van der Waals surface area contributed by atoms with Crippen LogP contribution in [0.1, 0.15) is 92.0 Å². The van der Waals surface area contributed by atoms with E-state index in [1.807, 2.05) is 97.1 Å². The number of hydrogen-bond acceptors (Lipinski definition) is 7. The number of esters is 1. The van der Waals surface area contributed by atoms with Crippen molar-refractivity contribution < 1.29 is 55.5 Å². The molecule has 26 rings (SSSR count). The van der Waals surface area contributed by atoms with E-state index in [1.54, 1.807) is 18.2 Å². The zero-order valence-electron chi connectivity index (χ0n) is 71.6. The minimum Gasteiger partial charge on any atom is -0.508 e. The van der Waals surface area contributed by atoms with E-state index >= 15 is 0 Å². The number of halogens is 5. The van der Waals surface area contributed by atoms with Crippen molar-refractivity contribution >= 4 is 139 Å². The Morgan fingerprint density at radius 1 is 0.362 bits per heavy atom. The number of rotatable bonds is 13. The molecular weight excluding hydrogens is 1690 g/mol. The molecule has 0 unspecified atom stereocenters. The molecule has 644 valence electrons. The van der Waals surface area contributed by atoms with E-state index in [2.05, 4.69) is 161 Å². The topological polar surface area (TPSA) is 83.5 Å². The SMILES string of the molecule is Cc1cc(-[s+]2c3ccccc3c3ccccc32)cc(C)c1OCC(=O)OC1C2CC3CC(C2)CC1C3.Cc1cc(-[s+]2c3ccccc3c3ccccc32)cc(C)c1OCOC1C2CC3CC(C2)CC1C3.FC(F)(F)c1cccc(-[s+]2c3ccccc3c3ccccc32)c1.Fc1cc(F)cc(-[s+]2c3ccccc3c3ccccc32)c1.Oc1ccc([S+]2CCOCC2)cc1. The number of fused-ring (bicyclic) bond motifs is 12. The summed E-state index contributed by atoms with van der Waals surface area (Å²) in [5, 5.41) is 19.1. The Kier molecular flexibility index (Phi) is 24.2. The fourth-order valence-electron chi connectivity index (χ4n) is 22.5. The standard InChI is InChI=1S/C32H33O3S.C31H33O2S.C19H12F3S.C18H11F2S.C10H12O2S/c1-19-11-25(36-28-9-5-3-7-26(28)27-8-4-6-10-29(27)36)12-20(2)31(19)34-18-30(33)35-32-23-14-21-13-22(16-23)17-24(32)15-21;1-19-11-25(34-28-9-5-3-7-26(28)27-8-4-6-10-29(27)34)12-20(2)30(19)32-18-33-31-23-14-21-13-22(16-23)17-24(31)15-21;20-19(21,22)13-6-5-7-14(12-13)23-17-10-3-1-8-15(17)16-9-2-4-11-18(16)23;19-12-9-13(20)11-14(10-12)21-17-7-3-1-5-15(17)16-6-2-4-8-18(16)21;11-9-1-3-10(4-2-9)13-7-5-12-6-8-13/h3-12,21-24,32H,13-18H2,1-2H3;3-12,21-24,31H,13-18H2,1-2H3;1-12H;1-11H;1-4H,5-8H2/q4*+1;/p+1. The van der Waals surface area contributed by atoms with E-state index in [-0.39, 0.29) is 39.6 Å². The second kappa shape index (κ2) is 36.2. The van der Waals surface area contributed by atoms with Gasteiger partial charge in [0.25, 0.3) is 0 Å². The van der Waals surface area contributed by atoms with E-state index in [9.17, 15) is 26.7 Å². The summed E-state index contributed by atoms with van der Waals surface area (Å²) in [6, 6.07) is 93.5. The van der Waals surface area contributed by atoms with Gasteiger partial charge < -0.3 is 28.8 Å². The molecular formula is C110H102F5O7S5+5. The van der Waals surface area contributed by atoms with Crippen LogP contribution in [0.4, 0.5) is 22.0 Å². The maximum absolute atomic E-state index is 13.6. The fourth-order valence-corrected chi connectivity index (χ4v) is 34.3. The lowest BCUT2D eigenvalue weighted by Crippen LogP contribution is -2.50. The number of carbonyl (C=O) groups is 1. The van der Waals surface area contributed by atoms with Crippen LogP contribution in [-0.2, 0) is 36.1 Å². The number of aromatic hydroxyl groups is 1. The highest BCUT2D eigenvalue weighted by Crippen LogP contribution is 2.59. The smallest absolute Gasteiger partial charge is 0.416 e. The predicted molar refractivity (Wildman–Crippen MR) is 519 cm³/mol. The number of carbonyl (C=O) groups excluding carboxylic acids is 1. The molecule has 0 atom stereocenters. The largest absolute Gasteiger partial charge is 0.508 e. The summed E-state index contributed by atoms with van der Waals surface area (Å²) in [7, 11) is -0.784. The Labute approximate surface area is 751 Å². The number of alkyl halides is 3. The third-order valence-electron chi connectivity index (χ3n) is 27.3. The van der Waals surface area contributed by atoms with Gasteiger partial charge in [-0.2, -0.15) is 13.2 Å². The Balaban J connectivity index is 0.000000104. The minimum atomic E-state index is -4.32. The van der Waals surface area contributed by atoms with Crippen LogP contribution < -0.4 is 9.47 Å². The van der Waals surface area contributed by atoms with Gasteiger partial charge in [0.05, 0.1) is 24.9 Å². The summed E-state index contributed by atoms with van der Waals surface area (Å²) >= 11 is 0. The molecule has 1 N–H and O–H groups in total. The van der Waals surface area contributed by atoms with Crippen molar-refractivity contribution in [1.29, 1.82) is 0 Å². The van der Waals surface area contributed by atoms with Crippen molar-refractivity contribution in [1.82, 2.24) is 0 Å². The summed E-state index contributed by atoms with van der Waals surface area (Å²) in [6.07, 6.45) is 9.64. The highest BCUT2D eigenvalue weighted by Gasteiger charge is 2.51. The van der Waals surface area contributed by atoms with Gasteiger partial charge in [-0.25, -0.2) is 13.6 Å². The molecule has 0 amide bonds. The Morgan fingerprint density at radius 3 is 1.04 bits per heavy atom. The number of phenols is 1. The Morgan fingerprint density at radius 2 is 0.685 bits per heavy atom. The van der Waals surface area contributed by atoms with Crippen LogP contribution in [0.15, 0.2) is 290 Å². The zero-order valence-corrected chi connectivity index (χ0v) is 75.6. The first-order chi connectivity index (χ1) is 61.9. The monoisotopic (exact) mass is 1790 g/mol. The third-order valence-corrected chi connectivity index (χ3v) is 38.8. The molecule has 9 fully saturated rings. The van der Waals surface area contributed by atoms with Gasteiger partial charge in [0.15, 0.2) is 75.5 Å². The van der Waals surface area contributed by atoms with Gasteiger partial charge in [0, 0.05) is 144 Å². The number of thiophene rings is 4. The predicted octanol–water partition coefficient (Wildman–Crippen LogP) is 30.8. The Bertz CT molecular complexity index is 6620. The lowest BCUT2D eigenvalue weighted by Gasteiger charge is -2.53. The van der Waals surface area contributed by atoms with E-state index in [4.69, 9.17) is 28.8 Å². The molecule has 0 spiro atoms. The molecule has 13 aromatic carbocycles. The summed E-state index contributed by atoms with van der Waals surface area (Å²) in [5.74, 6) is 9.55. The van der Waals surface area contributed by atoms with Crippen LogP contribution in [0.3, 0.4) is 0 Å².